The van der Waals surface area contributed by atoms with Gasteiger partial charge in [-0.1, -0.05) is 60.1 Å². The van der Waals surface area contributed by atoms with E-state index in [-0.39, 0.29) is 58.1 Å². The van der Waals surface area contributed by atoms with Crippen LogP contribution in [0.4, 0.5) is 0 Å². The molecule has 2 N–H and O–H groups in total. The Balaban J connectivity index is 1.43. The van der Waals surface area contributed by atoms with E-state index in [9.17, 15) is 24.4 Å². The second-order valence-electron chi connectivity index (χ2n) is 17.2. The Morgan fingerprint density at radius 3 is 2.43 bits per heavy atom. The summed E-state index contributed by atoms with van der Waals surface area (Å²) in [5, 5.41) is 13.1. The van der Waals surface area contributed by atoms with E-state index in [0.29, 0.717) is 25.0 Å². The molecule has 252 valence electrons. The first-order chi connectivity index (χ1) is 21.9. The summed E-state index contributed by atoms with van der Waals surface area (Å²) in [7, 11) is 1.32. The molecule has 3 saturated carbocycles. The molecule has 0 aliphatic heterocycles. The SMILES string of the molecule is COC(=O)C(Cc1cnc[nH]1)NC(=O)[C@]12CCC(C)(C)C[C@H]1[C@H]1C(=O)C=C3[C@@]4(C)C=C(C#N)C(=O)C(C)(C)[C@@H]4CC[C@@]3(C)[C@]1(C)CC2. The van der Waals surface area contributed by atoms with Crippen LogP contribution in [0, 0.1) is 61.6 Å². The third kappa shape index (κ3) is 4.63. The van der Waals surface area contributed by atoms with Gasteiger partial charge in [0.25, 0.3) is 0 Å². The molecule has 0 radical (unpaired) electrons. The van der Waals surface area contributed by atoms with Crippen molar-refractivity contribution < 1.29 is 23.9 Å². The van der Waals surface area contributed by atoms with Crippen molar-refractivity contribution in [1.82, 2.24) is 15.3 Å². The summed E-state index contributed by atoms with van der Waals surface area (Å²) in [6.07, 6.45) is 12.3. The molecule has 9 heteroatoms. The van der Waals surface area contributed by atoms with Crippen molar-refractivity contribution in [3.63, 3.8) is 0 Å². The molecule has 3 fully saturated rings. The van der Waals surface area contributed by atoms with E-state index in [2.05, 4.69) is 56.0 Å². The highest BCUT2D eigenvalue weighted by molar-refractivity contribution is 6.04. The van der Waals surface area contributed by atoms with Gasteiger partial charge in [0.2, 0.25) is 5.91 Å². The van der Waals surface area contributed by atoms with Crippen molar-refractivity contribution in [2.24, 2.45) is 50.2 Å². The van der Waals surface area contributed by atoms with E-state index < -0.39 is 33.7 Å². The number of hydrogen-bond acceptors (Lipinski definition) is 7. The number of Topliss-reactive ketones (excluding diaryl/α,β-unsaturated/α-hetero) is 1. The first kappa shape index (κ1) is 33.4. The number of rotatable bonds is 5. The van der Waals surface area contributed by atoms with E-state index in [1.165, 1.54) is 7.11 Å². The van der Waals surface area contributed by atoms with Crippen LogP contribution >= 0.6 is 0 Å². The monoisotopic (exact) mass is 642 g/mol. The number of carbonyl (C=O) groups excluding carboxylic acids is 4. The molecular formula is C38H50N4O5. The number of allylic oxidation sites excluding steroid dienone is 4. The summed E-state index contributed by atoms with van der Waals surface area (Å²) < 4.78 is 5.10. The predicted octanol–water partition coefficient (Wildman–Crippen LogP) is 5.83. The van der Waals surface area contributed by atoms with E-state index >= 15 is 0 Å². The molecule has 0 spiro atoms. The normalized spacial score (nSPS) is 39.0. The molecule has 5 aliphatic rings. The average molecular weight is 643 g/mol. The Bertz CT molecular complexity index is 1630. The van der Waals surface area contributed by atoms with Gasteiger partial charge in [0.15, 0.2) is 11.6 Å². The minimum atomic E-state index is -0.883. The number of ether oxygens (including phenoxy) is 1. The number of fused-ring (bicyclic) bond motifs is 7. The summed E-state index contributed by atoms with van der Waals surface area (Å²) in [5.74, 6) is -1.38. The molecule has 5 aliphatic carbocycles. The first-order valence-electron chi connectivity index (χ1n) is 17.2. The van der Waals surface area contributed by atoms with Crippen molar-refractivity contribution in [1.29, 1.82) is 5.26 Å². The van der Waals surface area contributed by atoms with Gasteiger partial charge in [0, 0.05) is 35.1 Å². The lowest BCUT2D eigenvalue weighted by atomic mass is 9.34. The smallest absolute Gasteiger partial charge is 0.328 e. The van der Waals surface area contributed by atoms with Crippen molar-refractivity contribution in [3.8, 4) is 6.07 Å². The zero-order valence-electron chi connectivity index (χ0n) is 29.2. The van der Waals surface area contributed by atoms with Gasteiger partial charge in [-0.25, -0.2) is 9.78 Å². The summed E-state index contributed by atoms with van der Waals surface area (Å²) >= 11 is 0. The second-order valence-corrected chi connectivity index (χ2v) is 17.2. The number of H-pyrrole nitrogens is 1. The highest BCUT2D eigenvalue weighted by Crippen LogP contribution is 2.74. The van der Waals surface area contributed by atoms with Gasteiger partial charge in [-0.3, -0.25) is 14.4 Å². The molecule has 1 amide bonds. The molecule has 47 heavy (non-hydrogen) atoms. The Morgan fingerprint density at radius 1 is 1.09 bits per heavy atom. The summed E-state index contributed by atoms with van der Waals surface area (Å²) in [6.45, 7) is 15.0. The van der Waals surface area contributed by atoms with Gasteiger partial charge >= 0.3 is 5.97 Å². The van der Waals surface area contributed by atoms with Crippen LogP contribution in [0.25, 0.3) is 0 Å². The number of carbonyl (C=O) groups is 4. The summed E-state index contributed by atoms with van der Waals surface area (Å²) in [4.78, 5) is 62.8. The largest absolute Gasteiger partial charge is 0.467 e. The van der Waals surface area contributed by atoms with Crippen LogP contribution in [0.15, 0.2) is 35.8 Å². The first-order valence-corrected chi connectivity index (χ1v) is 17.2. The minimum absolute atomic E-state index is 0.0286. The number of aromatic nitrogens is 2. The number of imidazole rings is 1. The number of nitrogens with one attached hydrogen (secondary N) is 2. The maximum absolute atomic E-state index is 14.8. The molecule has 0 saturated heterocycles. The lowest BCUT2D eigenvalue weighted by Gasteiger charge is -2.69. The Kier molecular flexibility index (Phi) is 7.62. The molecule has 0 aromatic carbocycles. The third-order valence-electron chi connectivity index (χ3n) is 14.1. The fraction of sp³-hybridized carbons (Fsp3) is 0.684. The van der Waals surface area contributed by atoms with Crippen LogP contribution in [0.3, 0.4) is 0 Å². The fourth-order valence-corrected chi connectivity index (χ4v) is 11.3. The van der Waals surface area contributed by atoms with Crippen molar-refractivity contribution >= 4 is 23.4 Å². The highest BCUT2D eigenvalue weighted by atomic mass is 16.5. The molecule has 1 aromatic rings. The zero-order chi connectivity index (χ0) is 34.4. The molecular weight excluding hydrogens is 592 g/mol. The molecule has 1 aromatic heterocycles. The number of aromatic amines is 1. The molecule has 0 bridgehead atoms. The molecule has 9 nitrogen and oxygen atoms in total. The summed E-state index contributed by atoms with van der Waals surface area (Å²) in [5.41, 5.74) is -1.07. The van der Waals surface area contributed by atoms with E-state index in [4.69, 9.17) is 4.74 Å². The number of nitrogens with zero attached hydrogens (tertiary/aromatic N) is 2. The zero-order valence-corrected chi connectivity index (χ0v) is 29.2. The summed E-state index contributed by atoms with van der Waals surface area (Å²) in [6, 6.07) is 1.29. The van der Waals surface area contributed by atoms with Crippen LogP contribution in [-0.4, -0.2) is 46.6 Å². The molecule has 8 atom stereocenters. The second kappa shape index (κ2) is 10.7. The van der Waals surface area contributed by atoms with Crippen LogP contribution in [0.1, 0.15) is 99.1 Å². The van der Waals surface area contributed by atoms with Gasteiger partial charge in [-0.05, 0) is 79.1 Å². The Hall–Kier alpha value is -3.54. The number of hydrogen-bond donors (Lipinski definition) is 2. The van der Waals surface area contributed by atoms with E-state index in [1.54, 1.807) is 12.5 Å². The lowest BCUT2D eigenvalue weighted by molar-refractivity contribution is -0.179. The maximum Gasteiger partial charge on any atom is 0.328 e. The van der Waals surface area contributed by atoms with Gasteiger partial charge in [-0.15, -0.1) is 0 Å². The van der Waals surface area contributed by atoms with Gasteiger partial charge in [0.1, 0.15) is 12.1 Å². The van der Waals surface area contributed by atoms with Crippen molar-refractivity contribution in [3.05, 3.63) is 41.5 Å². The minimum Gasteiger partial charge on any atom is -0.467 e. The van der Waals surface area contributed by atoms with Crippen LogP contribution in [0.2, 0.25) is 0 Å². The quantitative estimate of drug-likeness (QED) is 0.385. The molecule has 1 unspecified atom stereocenters. The highest BCUT2D eigenvalue weighted by Gasteiger charge is 2.71. The molecule has 6 rings (SSSR count). The number of ketones is 2. The van der Waals surface area contributed by atoms with Crippen molar-refractivity contribution in [2.75, 3.05) is 7.11 Å². The number of esters is 1. The number of nitriles is 1. The number of methoxy groups -OCH3 is 1. The van der Waals surface area contributed by atoms with Crippen LogP contribution < -0.4 is 5.32 Å². The fourth-order valence-electron chi connectivity index (χ4n) is 11.3. The topological polar surface area (TPSA) is 142 Å². The lowest BCUT2D eigenvalue weighted by Crippen LogP contribution is -2.67. The van der Waals surface area contributed by atoms with Crippen molar-refractivity contribution in [2.45, 2.75) is 106 Å². The average Bonchev–Trinajstić information content (AvgIpc) is 3.52. The van der Waals surface area contributed by atoms with Crippen LogP contribution in [0.5, 0.6) is 0 Å². The standard InChI is InChI=1S/C38H50N4O5/c1-33(2)11-13-38(32(46)42-25(31(45)47-8)15-23-20-40-21-41-23)14-12-37(7)29(24(38)18-33)26(43)16-28-35(5)17-22(19-39)30(44)34(3,4)27(35)9-10-36(28,37)6/h16-17,20-21,24-25,27,29H,9-15,18H2,1-8H3,(H,40,41)(H,42,46)/t24-,25?,27-,29-,35-,36+,37+,38-/m0/s1. The Morgan fingerprint density at radius 2 is 1.79 bits per heavy atom. The van der Waals surface area contributed by atoms with Gasteiger partial charge in [0.05, 0.1) is 24.4 Å². The predicted molar refractivity (Wildman–Crippen MR) is 175 cm³/mol. The van der Waals surface area contributed by atoms with Gasteiger partial charge < -0.3 is 15.0 Å². The van der Waals surface area contributed by atoms with E-state index in [1.807, 2.05) is 26.0 Å². The molecule has 1 heterocycles. The maximum atomic E-state index is 14.8. The Labute approximate surface area is 278 Å². The van der Waals surface area contributed by atoms with E-state index in [0.717, 1.165) is 31.3 Å². The van der Waals surface area contributed by atoms with Gasteiger partial charge in [-0.2, -0.15) is 5.26 Å². The third-order valence-corrected chi connectivity index (χ3v) is 14.1. The number of amides is 1. The van der Waals surface area contributed by atoms with Crippen LogP contribution in [-0.2, 0) is 30.3 Å².